The number of nitrogens with one attached hydrogen (secondary N) is 2. The van der Waals surface area contributed by atoms with Crippen LogP contribution in [0.1, 0.15) is 37.8 Å². The predicted octanol–water partition coefficient (Wildman–Crippen LogP) is 2.10. The molecule has 0 radical (unpaired) electrons. The lowest BCUT2D eigenvalue weighted by Crippen LogP contribution is -2.56. The number of aliphatic imine (C=N–C) groups is 1. The molecule has 0 saturated heterocycles. The van der Waals surface area contributed by atoms with Crippen LogP contribution in [0.25, 0.3) is 5.52 Å². The van der Waals surface area contributed by atoms with Gasteiger partial charge in [-0.2, -0.15) is 5.10 Å². The molecule has 5 nitrogen and oxygen atoms in total. The molecule has 3 saturated carbocycles. The van der Waals surface area contributed by atoms with Crippen molar-refractivity contribution in [2.24, 2.45) is 16.8 Å². The molecular formula is C16H19N5. The van der Waals surface area contributed by atoms with Gasteiger partial charge >= 0.3 is 0 Å². The van der Waals surface area contributed by atoms with Gasteiger partial charge in [0.05, 0.1) is 5.52 Å². The highest BCUT2D eigenvalue weighted by atomic mass is 15.5. The SMILES string of the molecule is c1ccn2nc(C3=N[C@]4(CC5CCC4CC5)NN3)cc2c1. The number of hydrogen-bond donors (Lipinski definition) is 2. The number of pyridine rings is 1. The molecule has 3 fully saturated rings. The summed E-state index contributed by atoms with van der Waals surface area (Å²) in [5.74, 6) is 2.41. The summed E-state index contributed by atoms with van der Waals surface area (Å²) >= 11 is 0. The molecule has 108 valence electrons. The van der Waals surface area contributed by atoms with Gasteiger partial charge in [0.1, 0.15) is 11.4 Å². The minimum Gasteiger partial charge on any atom is -0.302 e. The molecule has 6 rings (SSSR count). The summed E-state index contributed by atoms with van der Waals surface area (Å²) in [6, 6.07) is 8.18. The van der Waals surface area contributed by atoms with E-state index in [1.54, 1.807) is 0 Å². The minimum atomic E-state index is -0.0771. The fraction of sp³-hybridized carbons (Fsp3) is 0.500. The average Bonchev–Trinajstić information content (AvgIpc) is 3.13. The first-order valence-electron chi connectivity index (χ1n) is 7.90. The molecule has 1 spiro atoms. The molecule has 4 aliphatic rings. The summed E-state index contributed by atoms with van der Waals surface area (Å²) in [7, 11) is 0. The Morgan fingerprint density at radius 3 is 2.86 bits per heavy atom. The Morgan fingerprint density at radius 2 is 2.10 bits per heavy atom. The lowest BCUT2D eigenvalue weighted by Gasteiger charge is -2.47. The van der Waals surface area contributed by atoms with E-state index in [2.05, 4.69) is 28.1 Å². The van der Waals surface area contributed by atoms with Crippen LogP contribution in [-0.4, -0.2) is 21.1 Å². The lowest BCUT2D eigenvalue weighted by molar-refractivity contribution is 0.0506. The zero-order valence-electron chi connectivity index (χ0n) is 11.9. The summed E-state index contributed by atoms with van der Waals surface area (Å²) in [4.78, 5) is 5.05. The normalized spacial score (nSPS) is 34.4. The topological polar surface area (TPSA) is 53.7 Å². The maximum Gasteiger partial charge on any atom is 0.165 e. The van der Waals surface area contributed by atoms with E-state index < -0.39 is 0 Å². The smallest absolute Gasteiger partial charge is 0.165 e. The van der Waals surface area contributed by atoms with Crippen LogP contribution in [0.2, 0.25) is 0 Å². The van der Waals surface area contributed by atoms with Gasteiger partial charge < -0.3 is 5.43 Å². The molecule has 3 aliphatic carbocycles. The van der Waals surface area contributed by atoms with Crippen molar-refractivity contribution in [2.45, 2.75) is 37.8 Å². The van der Waals surface area contributed by atoms with Gasteiger partial charge in [0.2, 0.25) is 0 Å². The molecular weight excluding hydrogens is 262 g/mol. The van der Waals surface area contributed by atoms with Gasteiger partial charge in [-0.1, -0.05) is 6.07 Å². The van der Waals surface area contributed by atoms with Gasteiger partial charge in [0.15, 0.2) is 5.84 Å². The molecule has 1 aliphatic heterocycles. The minimum absolute atomic E-state index is 0.0771. The Morgan fingerprint density at radius 1 is 1.19 bits per heavy atom. The van der Waals surface area contributed by atoms with E-state index in [9.17, 15) is 0 Å². The summed E-state index contributed by atoms with van der Waals surface area (Å²) in [6.07, 6.45) is 8.52. The number of rotatable bonds is 1. The third kappa shape index (κ3) is 1.67. The van der Waals surface area contributed by atoms with Crippen molar-refractivity contribution < 1.29 is 0 Å². The summed E-state index contributed by atoms with van der Waals surface area (Å²) in [5.41, 5.74) is 8.74. The number of nitrogens with zero attached hydrogens (tertiary/aromatic N) is 3. The van der Waals surface area contributed by atoms with Crippen molar-refractivity contribution in [1.82, 2.24) is 20.5 Å². The van der Waals surface area contributed by atoms with Gasteiger partial charge in [-0.15, -0.1) is 0 Å². The first kappa shape index (κ1) is 11.7. The van der Waals surface area contributed by atoms with Crippen LogP contribution in [0, 0.1) is 11.8 Å². The zero-order valence-corrected chi connectivity index (χ0v) is 11.9. The second-order valence-corrected chi connectivity index (χ2v) is 6.66. The standard InChI is InChI=1S/C16H19N5/c1-2-8-21-13(3-1)9-14(19-21)15-17-16(20-18-15)10-11-4-6-12(16)7-5-11/h1-3,8-9,11-12,20H,4-7,10H2,(H,17,18)/t11?,12?,16-/m1/s1. The molecule has 2 aromatic heterocycles. The number of aromatic nitrogens is 2. The molecule has 0 unspecified atom stereocenters. The van der Waals surface area contributed by atoms with Crippen LogP contribution < -0.4 is 10.9 Å². The van der Waals surface area contributed by atoms with Crippen LogP contribution in [0.15, 0.2) is 35.5 Å². The van der Waals surface area contributed by atoms with Crippen LogP contribution in [0.3, 0.4) is 0 Å². The van der Waals surface area contributed by atoms with Crippen molar-refractivity contribution in [1.29, 1.82) is 0 Å². The Hall–Kier alpha value is -1.88. The van der Waals surface area contributed by atoms with Gasteiger partial charge in [-0.25, -0.2) is 14.9 Å². The van der Waals surface area contributed by atoms with E-state index in [0.29, 0.717) is 5.92 Å². The molecule has 3 heterocycles. The van der Waals surface area contributed by atoms with Crippen LogP contribution in [-0.2, 0) is 0 Å². The highest BCUT2D eigenvalue weighted by Gasteiger charge is 2.50. The molecule has 2 N–H and O–H groups in total. The Balaban J connectivity index is 1.54. The average molecular weight is 281 g/mol. The Bertz CT molecular complexity index is 692. The second kappa shape index (κ2) is 4.07. The van der Waals surface area contributed by atoms with Crippen molar-refractivity contribution in [3.63, 3.8) is 0 Å². The van der Waals surface area contributed by atoms with E-state index in [-0.39, 0.29) is 5.66 Å². The lowest BCUT2D eigenvalue weighted by atomic mass is 9.65. The maximum atomic E-state index is 5.05. The number of amidine groups is 1. The van der Waals surface area contributed by atoms with Gasteiger partial charge in [0.25, 0.3) is 0 Å². The number of hydrogen-bond acceptors (Lipinski definition) is 4. The second-order valence-electron chi connectivity index (χ2n) is 6.66. The summed E-state index contributed by atoms with van der Waals surface area (Å²) in [6.45, 7) is 0. The molecule has 5 heteroatoms. The first-order valence-corrected chi connectivity index (χ1v) is 7.90. The van der Waals surface area contributed by atoms with E-state index >= 15 is 0 Å². The van der Waals surface area contributed by atoms with Crippen molar-refractivity contribution >= 4 is 11.4 Å². The molecule has 1 atom stereocenters. The van der Waals surface area contributed by atoms with Gasteiger partial charge in [0, 0.05) is 6.20 Å². The largest absolute Gasteiger partial charge is 0.302 e. The van der Waals surface area contributed by atoms with Crippen molar-refractivity contribution in [2.75, 3.05) is 0 Å². The maximum absolute atomic E-state index is 5.05. The van der Waals surface area contributed by atoms with E-state index in [0.717, 1.165) is 23.0 Å². The van der Waals surface area contributed by atoms with Crippen LogP contribution in [0.4, 0.5) is 0 Å². The monoisotopic (exact) mass is 281 g/mol. The summed E-state index contributed by atoms with van der Waals surface area (Å²) in [5, 5.41) is 4.62. The fourth-order valence-electron chi connectivity index (χ4n) is 4.34. The molecule has 0 amide bonds. The predicted molar refractivity (Wildman–Crippen MR) is 80.8 cm³/mol. The number of hydrazine groups is 1. The fourth-order valence-corrected chi connectivity index (χ4v) is 4.34. The zero-order chi connectivity index (χ0) is 13.9. The third-order valence-electron chi connectivity index (χ3n) is 5.44. The molecule has 0 aromatic carbocycles. The van der Waals surface area contributed by atoms with E-state index in [1.165, 1.54) is 32.1 Å². The molecule has 2 aromatic rings. The van der Waals surface area contributed by atoms with E-state index in [1.807, 2.05) is 22.8 Å². The summed E-state index contributed by atoms with van der Waals surface area (Å²) < 4.78 is 1.90. The van der Waals surface area contributed by atoms with Crippen LogP contribution in [0.5, 0.6) is 0 Å². The molecule has 21 heavy (non-hydrogen) atoms. The van der Waals surface area contributed by atoms with Gasteiger partial charge in [-0.05, 0) is 62.1 Å². The Kier molecular flexibility index (Phi) is 2.28. The van der Waals surface area contributed by atoms with Crippen LogP contribution >= 0.6 is 0 Å². The molecule has 2 bridgehead atoms. The highest BCUT2D eigenvalue weighted by molar-refractivity contribution is 5.99. The quantitative estimate of drug-likeness (QED) is 0.841. The first-order chi connectivity index (χ1) is 10.3. The highest BCUT2D eigenvalue weighted by Crippen LogP contribution is 2.48. The Labute approximate surface area is 123 Å². The third-order valence-corrected chi connectivity index (χ3v) is 5.44. The van der Waals surface area contributed by atoms with E-state index in [4.69, 9.17) is 4.99 Å². The van der Waals surface area contributed by atoms with Gasteiger partial charge in [-0.3, -0.25) is 0 Å². The van der Waals surface area contributed by atoms with Crippen molar-refractivity contribution in [3.8, 4) is 0 Å². The van der Waals surface area contributed by atoms with Crippen molar-refractivity contribution in [3.05, 3.63) is 36.2 Å². The number of fused-ring (bicyclic) bond motifs is 3.